The van der Waals surface area contributed by atoms with Crippen LogP contribution in [0.5, 0.6) is 23.0 Å². The zero-order chi connectivity index (χ0) is 31.9. The highest BCUT2D eigenvalue weighted by Crippen LogP contribution is 2.45. The number of phenols is 3. The first-order valence-corrected chi connectivity index (χ1v) is 17.5. The number of aryl methyl sites for hydroxylation is 1. The number of phenolic OH excluding ortho intramolecular Hbond substituents is 3. The van der Waals surface area contributed by atoms with Crippen molar-refractivity contribution in [1.29, 1.82) is 0 Å². The molecule has 5 rings (SSSR count). The third kappa shape index (κ3) is 8.06. The number of methoxy groups -OCH3 is 1. The standard InChI is InChI=1S/C35H39NO7S2/c1-36-35(23-4-3-5-24(37)16-23)43-28-13-12-27(40)19-44-45-20-31-29(14-8-21-6-10-26(39)18-30(21)31)33-22(7-11-25(38)17-28)9-15-32(41)34(33)42-2/h3-6,8-10,14-16,18,27-28,35-37,39-41H,7,11-13,17,19-20H2,1-2H3/t27-,28+,35+/m0/s1. The van der Waals surface area contributed by atoms with Crippen molar-refractivity contribution in [2.75, 3.05) is 19.9 Å². The molecule has 5 N–H and O–H groups in total. The molecule has 0 saturated carbocycles. The van der Waals surface area contributed by atoms with Crippen LogP contribution in [0.4, 0.5) is 0 Å². The van der Waals surface area contributed by atoms with Gasteiger partial charge in [0.2, 0.25) is 0 Å². The first-order chi connectivity index (χ1) is 21.8. The molecule has 3 atom stereocenters. The van der Waals surface area contributed by atoms with E-state index in [0.717, 1.165) is 38.6 Å². The summed E-state index contributed by atoms with van der Waals surface area (Å²) in [4.78, 5) is 13.5. The van der Waals surface area contributed by atoms with Gasteiger partial charge in [-0.05, 0) is 89.7 Å². The SMILES string of the molecule is CN[C@H](O[C@@H]1CC[C@H](O)CSSCc2c(ccc3ccc(O)cc23)-c2c(ccc(O)c2OC)CCC(=O)C1)c1cccc(O)c1. The van der Waals surface area contributed by atoms with Gasteiger partial charge in [-0.15, -0.1) is 0 Å². The van der Waals surface area contributed by atoms with E-state index in [1.165, 1.54) is 7.11 Å². The lowest BCUT2D eigenvalue weighted by molar-refractivity contribution is -0.124. The summed E-state index contributed by atoms with van der Waals surface area (Å²) >= 11 is 0. The van der Waals surface area contributed by atoms with Gasteiger partial charge >= 0.3 is 0 Å². The molecular formula is C35H39NO7S2. The molecule has 8 nitrogen and oxygen atoms in total. The van der Waals surface area contributed by atoms with Crippen LogP contribution < -0.4 is 10.1 Å². The minimum atomic E-state index is -0.598. The molecule has 1 heterocycles. The van der Waals surface area contributed by atoms with E-state index in [1.807, 2.05) is 30.3 Å². The molecule has 238 valence electrons. The third-order valence-electron chi connectivity index (χ3n) is 8.07. The molecule has 0 amide bonds. The number of ketones is 1. The maximum absolute atomic E-state index is 13.5. The summed E-state index contributed by atoms with van der Waals surface area (Å²) in [7, 11) is 6.46. The van der Waals surface area contributed by atoms with Crippen LogP contribution in [0.3, 0.4) is 0 Å². The van der Waals surface area contributed by atoms with Crippen molar-refractivity contribution in [3.05, 3.63) is 83.4 Å². The van der Waals surface area contributed by atoms with Crippen molar-refractivity contribution in [3.8, 4) is 34.1 Å². The van der Waals surface area contributed by atoms with Gasteiger partial charge in [-0.2, -0.15) is 0 Å². The van der Waals surface area contributed by atoms with Crippen molar-refractivity contribution in [2.45, 2.75) is 56.3 Å². The number of ether oxygens (including phenoxy) is 2. The molecule has 0 saturated heterocycles. The molecule has 4 aromatic rings. The van der Waals surface area contributed by atoms with E-state index in [2.05, 4.69) is 5.32 Å². The summed E-state index contributed by atoms with van der Waals surface area (Å²) < 4.78 is 12.1. The number of aliphatic hydroxyl groups is 1. The molecular weight excluding hydrogens is 611 g/mol. The fourth-order valence-electron chi connectivity index (χ4n) is 5.81. The molecule has 1 aliphatic rings. The average Bonchev–Trinajstić information content (AvgIpc) is 3.03. The van der Waals surface area contributed by atoms with Crippen LogP contribution in [0.25, 0.3) is 21.9 Å². The molecule has 0 aliphatic carbocycles. The fourth-order valence-corrected chi connectivity index (χ4v) is 8.11. The topological polar surface area (TPSA) is 128 Å². The molecule has 45 heavy (non-hydrogen) atoms. The van der Waals surface area contributed by atoms with Crippen molar-refractivity contribution >= 4 is 38.1 Å². The normalized spacial score (nSPS) is 19.0. The predicted molar refractivity (Wildman–Crippen MR) is 181 cm³/mol. The maximum atomic E-state index is 13.5. The Balaban J connectivity index is 1.50. The number of carbonyl (C=O) groups excluding carboxylic acids is 1. The van der Waals surface area contributed by atoms with Crippen molar-refractivity contribution in [3.63, 3.8) is 0 Å². The minimum absolute atomic E-state index is 0.00241. The van der Waals surface area contributed by atoms with Gasteiger partial charge in [0.15, 0.2) is 11.5 Å². The zero-order valence-electron chi connectivity index (χ0n) is 25.4. The Morgan fingerprint density at radius 2 is 1.73 bits per heavy atom. The van der Waals surface area contributed by atoms with E-state index in [-0.39, 0.29) is 35.9 Å². The van der Waals surface area contributed by atoms with E-state index in [9.17, 15) is 25.2 Å². The van der Waals surface area contributed by atoms with Gasteiger partial charge in [-0.25, -0.2) is 0 Å². The first kappa shape index (κ1) is 33.0. The highest BCUT2D eigenvalue weighted by molar-refractivity contribution is 8.76. The van der Waals surface area contributed by atoms with Crippen LogP contribution in [0.1, 0.15) is 48.6 Å². The molecule has 0 aromatic heterocycles. The number of fused-ring (bicyclic) bond motifs is 5. The average molecular weight is 650 g/mol. The summed E-state index contributed by atoms with van der Waals surface area (Å²) in [5.74, 6) is 1.69. The van der Waals surface area contributed by atoms with E-state index in [4.69, 9.17) is 9.47 Å². The number of hydrogen-bond acceptors (Lipinski definition) is 10. The summed E-state index contributed by atoms with van der Waals surface area (Å²) in [6.45, 7) is 0. The molecule has 10 heteroatoms. The Morgan fingerprint density at radius 1 is 0.933 bits per heavy atom. The number of carbonyl (C=O) groups is 1. The van der Waals surface area contributed by atoms with Crippen molar-refractivity contribution in [1.82, 2.24) is 5.32 Å². The molecule has 0 fully saturated rings. The van der Waals surface area contributed by atoms with Gasteiger partial charge < -0.3 is 29.9 Å². The summed E-state index contributed by atoms with van der Waals surface area (Å²) in [6, 6.07) is 19.5. The summed E-state index contributed by atoms with van der Waals surface area (Å²) in [5, 5.41) is 47.0. The van der Waals surface area contributed by atoms with Crippen molar-refractivity contribution < 1.29 is 34.7 Å². The summed E-state index contributed by atoms with van der Waals surface area (Å²) in [6.07, 6.45) is 0.188. The van der Waals surface area contributed by atoms with Gasteiger partial charge in [-0.3, -0.25) is 10.1 Å². The molecule has 0 radical (unpaired) electrons. The van der Waals surface area contributed by atoms with Crippen LogP contribution >= 0.6 is 21.6 Å². The van der Waals surface area contributed by atoms with Crippen molar-refractivity contribution in [2.24, 2.45) is 0 Å². The second kappa shape index (κ2) is 15.2. The lowest BCUT2D eigenvalue weighted by atomic mass is 9.89. The molecule has 0 spiro atoms. The molecule has 1 aliphatic heterocycles. The van der Waals surface area contributed by atoms with Gasteiger partial charge in [0.1, 0.15) is 23.5 Å². The van der Waals surface area contributed by atoms with E-state index in [1.54, 1.807) is 65.0 Å². The van der Waals surface area contributed by atoms with E-state index < -0.39 is 18.4 Å². The number of benzene rings is 4. The molecule has 0 unspecified atom stereocenters. The van der Waals surface area contributed by atoms with Crippen LogP contribution in [0.15, 0.2) is 66.7 Å². The number of hydrogen-bond donors (Lipinski definition) is 5. The Hall–Kier alpha value is -3.41. The zero-order valence-corrected chi connectivity index (χ0v) is 27.0. The second-order valence-electron chi connectivity index (χ2n) is 11.2. The third-order valence-corrected chi connectivity index (χ3v) is 10.4. The Morgan fingerprint density at radius 3 is 2.51 bits per heavy atom. The maximum Gasteiger partial charge on any atom is 0.168 e. The largest absolute Gasteiger partial charge is 0.508 e. The monoisotopic (exact) mass is 649 g/mol. The van der Waals surface area contributed by atoms with Gasteiger partial charge in [-0.1, -0.05) is 58.0 Å². The minimum Gasteiger partial charge on any atom is -0.508 e. The second-order valence-corrected chi connectivity index (χ2v) is 13.7. The van der Waals surface area contributed by atoms with Gasteiger partial charge in [0.25, 0.3) is 0 Å². The van der Waals surface area contributed by atoms with Crippen LogP contribution in [0.2, 0.25) is 0 Å². The first-order valence-electron chi connectivity index (χ1n) is 15.0. The number of aliphatic hydroxyl groups excluding tert-OH is 1. The predicted octanol–water partition coefficient (Wildman–Crippen LogP) is 6.86. The highest BCUT2D eigenvalue weighted by atomic mass is 33.1. The van der Waals surface area contributed by atoms with Crippen LogP contribution in [0, 0.1) is 0 Å². The number of rotatable bonds is 5. The fraction of sp³-hybridized carbons (Fsp3) is 0.343. The van der Waals surface area contributed by atoms with Crippen LogP contribution in [-0.2, 0) is 21.7 Å². The lowest BCUT2D eigenvalue weighted by Gasteiger charge is -2.26. The lowest BCUT2D eigenvalue weighted by Crippen LogP contribution is -2.28. The Labute approximate surface area is 271 Å². The van der Waals surface area contributed by atoms with Gasteiger partial charge in [0, 0.05) is 29.9 Å². The smallest absolute Gasteiger partial charge is 0.168 e. The van der Waals surface area contributed by atoms with E-state index in [0.29, 0.717) is 36.5 Å². The van der Waals surface area contributed by atoms with Gasteiger partial charge in [0.05, 0.1) is 19.3 Å². The van der Waals surface area contributed by atoms with Crippen LogP contribution in [-0.4, -0.2) is 58.3 Å². The number of Topliss-reactive ketones (excluding diaryl/α,β-unsaturated/α-hetero) is 1. The van der Waals surface area contributed by atoms with E-state index >= 15 is 0 Å². The Bertz CT molecular complexity index is 1650. The highest BCUT2D eigenvalue weighted by Gasteiger charge is 2.25. The Kier molecular flexibility index (Phi) is 11.2. The number of aromatic hydroxyl groups is 3. The molecule has 0 bridgehead atoms. The summed E-state index contributed by atoms with van der Waals surface area (Å²) in [5.41, 5.74) is 4.15. The quantitative estimate of drug-likeness (QED) is 0.116. The number of nitrogens with one attached hydrogen (secondary N) is 1. The molecule has 4 aromatic carbocycles.